The van der Waals surface area contributed by atoms with Gasteiger partial charge in [-0.2, -0.15) is 0 Å². The molecule has 1 amide bonds. The molecule has 1 fully saturated rings. The van der Waals surface area contributed by atoms with Crippen molar-refractivity contribution in [3.63, 3.8) is 0 Å². The molecule has 1 aliphatic heterocycles. The number of carbonyl (C=O) groups excluding carboxylic acids is 1. The van der Waals surface area contributed by atoms with E-state index in [9.17, 15) is 4.79 Å². The smallest absolute Gasteiger partial charge is 0.240 e. The van der Waals surface area contributed by atoms with Gasteiger partial charge < -0.3 is 18.8 Å². The summed E-state index contributed by atoms with van der Waals surface area (Å²) in [5.41, 5.74) is 1.79. The summed E-state index contributed by atoms with van der Waals surface area (Å²) in [6, 6.07) is 21.3. The number of amides is 1. The number of benzene rings is 2. The summed E-state index contributed by atoms with van der Waals surface area (Å²) >= 11 is 1.40. The van der Waals surface area contributed by atoms with E-state index < -0.39 is 5.25 Å². The number of morpholine rings is 1. The molecule has 5 rings (SSSR count). The molecule has 2 aromatic heterocycles. The minimum atomic E-state index is -0.466. The van der Waals surface area contributed by atoms with Crippen LogP contribution in [0.4, 0.5) is 0 Å². The first-order valence-corrected chi connectivity index (χ1v) is 12.3. The zero-order chi connectivity index (χ0) is 24.0. The molecule has 0 N–H and O–H groups in total. The van der Waals surface area contributed by atoms with Crippen LogP contribution in [0.25, 0.3) is 11.4 Å². The summed E-state index contributed by atoms with van der Waals surface area (Å²) < 4.78 is 18.5. The third kappa shape index (κ3) is 5.26. The molecule has 8 nitrogen and oxygen atoms in total. The predicted molar refractivity (Wildman–Crippen MR) is 132 cm³/mol. The first kappa shape index (κ1) is 23.2. The SMILES string of the molecule is COc1cccc(-c2nnc(S[C@@H](C(=O)N3CCOCC3)c3ccccc3)n2Cc2ccco2)c1. The molecule has 0 radical (unpaired) electrons. The number of ether oxygens (including phenoxy) is 2. The minimum absolute atomic E-state index is 0.0416. The Morgan fingerprint density at radius 1 is 1.06 bits per heavy atom. The maximum atomic E-state index is 13.6. The second-order valence-electron chi connectivity index (χ2n) is 8.05. The van der Waals surface area contributed by atoms with Gasteiger partial charge in [0.05, 0.1) is 33.1 Å². The van der Waals surface area contributed by atoms with Crippen LogP contribution in [-0.4, -0.2) is 59.0 Å². The fourth-order valence-electron chi connectivity index (χ4n) is 4.00. The van der Waals surface area contributed by atoms with E-state index in [-0.39, 0.29) is 5.91 Å². The molecule has 0 spiro atoms. The number of hydrogen-bond acceptors (Lipinski definition) is 7. The summed E-state index contributed by atoms with van der Waals surface area (Å²) in [7, 11) is 1.63. The van der Waals surface area contributed by atoms with E-state index >= 15 is 0 Å². The van der Waals surface area contributed by atoms with Gasteiger partial charge in [0.15, 0.2) is 11.0 Å². The first-order valence-electron chi connectivity index (χ1n) is 11.4. The average molecular weight is 491 g/mol. The fourth-order valence-corrected chi connectivity index (χ4v) is 5.12. The van der Waals surface area contributed by atoms with Crippen molar-refractivity contribution in [3.05, 3.63) is 84.3 Å². The average Bonchev–Trinajstić information content (AvgIpc) is 3.58. The number of furan rings is 1. The van der Waals surface area contributed by atoms with Crippen LogP contribution in [-0.2, 0) is 16.1 Å². The standard InChI is InChI=1S/C26H26N4O4S/c1-32-21-10-5-9-20(17-21)24-27-28-26(30(24)18-22-11-6-14-34-22)35-23(19-7-3-2-4-8-19)25(31)29-12-15-33-16-13-29/h2-11,14,17,23H,12-13,15-16,18H2,1H3/t23-/m1/s1. The van der Waals surface area contributed by atoms with Gasteiger partial charge in [0.25, 0.3) is 0 Å². The Balaban J connectivity index is 1.53. The molecule has 35 heavy (non-hydrogen) atoms. The largest absolute Gasteiger partial charge is 0.497 e. The summed E-state index contributed by atoms with van der Waals surface area (Å²) in [5, 5.41) is 9.20. The molecule has 1 aliphatic rings. The van der Waals surface area contributed by atoms with Crippen molar-refractivity contribution < 1.29 is 18.7 Å². The lowest BCUT2D eigenvalue weighted by atomic mass is 10.1. The number of rotatable bonds is 8. The molecule has 0 bridgehead atoms. The van der Waals surface area contributed by atoms with Crippen molar-refractivity contribution in [2.75, 3.05) is 33.4 Å². The van der Waals surface area contributed by atoms with E-state index in [2.05, 4.69) is 10.2 Å². The van der Waals surface area contributed by atoms with E-state index in [1.807, 2.05) is 76.2 Å². The third-order valence-electron chi connectivity index (χ3n) is 5.81. The van der Waals surface area contributed by atoms with Gasteiger partial charge in [-0.1, -0.05) is 54.2 Å². The molecule has 9 heteroatoms. The monoisotopic (exact) mass is 490 g/mol. The quantitative estimate of drug-likeness (QED) is 0.341. The molecule has 0 unspecified atom stereocenters. The second kappa shape index (κ2) is 10.8. The van der Waals surface area contributed by atoms with E-state index in [0.29, 0.717) is 43.8 Å². The van der Waals surface area contributed by atoms with Crippen LogP contribution in [0.3, 0.4) is 0 Å². The fraction of sp³-hybridized carbons (Fsp3) is 0.269. The van der Waals surface area contributed by atoms with Crippen molar-refractivity contribution in [1.29, 1.82) is 0 Å². The second-order valence-corrected chi connectivity index (χ2v) is 9.12. The number of aromatic nitrogens is 3. The molecule has 0 aliphatic carbocycles. The molecular weight excluding hydrogens is 464 g/mol. The van der Waals surface area contributed by atoms with Crippen LogP contribution in [0.15, 0.2) is 82.6 Å². The summed E-state index contributed by atoms with van der Waals surface area (Å²) in [5.74, 6) is 2.22. The van der Waals surface area contributed by atoms with E-state index in [4.69, 9.17) is 13.9 Å². The number of carbonyl (C=O) groups is 1. The van der Waals surface area contributed by atoms with Gasteiger partial charge in [-0.25, -0.2) is 0 Å². The highest BCUT2D eigenvalue weighted by atomic mass is 32.2. The van der Waals surface area contributed by atoms with Gasteiger partial charge >= 0.3 is 0 Å². The Hall–Kier alpha value is -3.56. The highest BCUT2D eigenvalue weighted by Gasteiger charge is 2.30. The molecule has 1 saturated heterocycles. The van der Waals surface area contributed by atoms with Crippen molar-refractivity contribution in [1.82, 2.24) is 19.7 Å². The van der Waals surface area contributed by atoms with E-state index in [1.165, 1.54) is 11.8 Å². The van der Waals surface area contributed by atoms with Crippen LogP contribution >= 0.6 is 11.8 Å². The number of nitrogens with zero attached hydrogens (tertiary/aromatic N) is 4. The summed E-state index contributed by atoms with van der Waals surface area (Å²) in [4.78, 5) is 15.5. The van der Waals surface area contributed by atoms with Crippen LogP contribution in [0.1, 0.15) is 16.6 Å². The zero-order valence-corrected chi connectivity index (χ0v) is 20.2. The highest BCUT2D eigenvalue weighted by molar-refractivity contribution is 8.00. The Labute approximate surface area is 207 Å². The lowest BCUT2D eigenvalue weighted by Gasteiger charge is -2.30. The van der Waals surface area contributed by atoms with Crippen molar-refractivity contribution in [3.8, 4) is 17.1 Å². The number of methoxy groups -OCH3 is 1. The van der Waals surface area contributed by atoms with E-state index in [0.717, 1.165) is 22.6 Å². The maximum absolute atomic E-state index is 13.6. The number of thioether (sulfide) groups is 1. The van der Waals surface area contributed by atoms with Crippen LogP contribution in [0.2, 0.25) is 0 Å². The third-order valence-corrected chi connectivity index (χ3v) is 7.03. The van der Waals surface area contributed by atoms with Gasteiger partial charge in [-0.15, -0.1) is 10.2 Å². The van der Waals surface area contributed by atoms with Crippen molar-refractivity contribution >= 4 is 17.7 Å². The van der Waals surface area contributed by atoms with E-state index in [1.54, 1.807) is 13.4 Å². The Morgan fingerprint density at radius 3 is 2.63 bits per heavy atom. The Kier molecular flexibility index (Phi) is 7.15. The van der Waals surface area contributed by atoms with Crippen molar-refractivity contribution in [2.24, 2.45) is 0 Å². The normalized spacial score (nSPS) is 14.6. The molecule has 3 heterocycles. The highest BCUT2D eigenvalue weighted by Crippen LogP contribution is 2.38. The Bertz CT molecular complexity index is 1250. The molecule has 0 saturated carbocycles. The Morgan fingerprint density at radius 2 is 1.89 bits per heavy atom. The zero-order valence-electron chi connectivity index (χ0n) is 19.4. The van der Waals surface area contributed by atoms with Gasteiger partial charge in [-0.05, 0) is 29.8 Å². The lowest BCUT2D eigenvalue weighted by molar-refractivity contribution is -0.134. The predicted octanol–water partition coefficient (Wildman–Crippen LogP) is 4.29. The van der Waals surface area contributed by atoms with Gasteiger partial charge in [0, 0.05) is 18.7 Å². The van der Waals surface area contributed by atoms with Crippen LogP contribution in [0, 0.1) is 0 Å². The molecular formula is C26H26N4O4S. The van der Waals surface area contributed by atoms with Crippen molar-refractivity contribution in [2.45, 2.75) is 17.0 Å². The first-order chi connectivity index (χ1) is 17.2. The topological polar surface area (TPSA) is 82.6 Å². The summed E-state index contributed by atoms with van der Waals surface area (Å²) in [6.07, 6.45) is 1.65. The molecule has 4 aromatic rings. The van der Waals surface area contributed by atoms with Gasteiger partial charge in [0.1, 0.15) is 16.8 Å². The summed E-state index contributed by atoms with van der Waals surface area (Å²) in [6.45, 7) is 2.69. The van der Waals surface area contributed by atoms with Gasteiger partial charge in [0.2, 0.25) is 5.91 Å². The molecule has 180 valence electrons. The van der Waals surface area contributed by atoms with Crippen LogP contribution < -0.4 is 4.74 Å². The van der Waals surface area contributed by atoms with Gasteiger partial charge in [-0.3, -0.25) is 9.36 Å². The number of hydrogen-bond donors (Lipinski definition) is 0. The maximum Gasteiger partial charge on any atom is 0.240 e. The minimum Gasteiger partial charge on any atom is -0.497 e. The van der Waals surface area contributed by atoms with Crippen LogP contribution in [0.5, 0.6) is 5.75 Å². The lowest BCUT2D eigenvalue weighted by Crippen LogP contribution is -2.42. The molecule has 1 atom stereocenters. The molecule has 2 aromatic carbocycles.